The van der Waals surface area contributed by atoms with E-state index >= 15 is 0 Å². The molecule has 0 saturated heterocycles. The monoisotopic (exact) mass is 398 g/mol. The lowest BCUT2D eigenvalue weighted by molar-refractivity contribution is 0.0963. The highest BCUT2D eigenvalue weighted by molar-refractivity contribution is 5.95. The highest BCUT2D eigenvalue weighted by Gasteiger charge is 2.20. The second kappa shape index (κ2) is 8.24. The van der Waals surface area contributed by atoms with E-state index in [0.717, 1.165) is 11.1 Å². The molecule has 1 aromatic heterocycles. The maximum Gasteiger partial charge on any atom is 0.251 e. The number of nitrogens with one attached hydrogen (secondary N) is 3. The highest BCUT2D eigenvalue weighted by Crippen LogP contribution is 2.25. The van der Waals surface area contributed by atoms with E-state index in [4.69, 9.17) is 10.8 Å². The Bertz CT molecular complexity index is 1180. The van der Waals surface area contributed by atoms with Gasteiger partial charge in [0.25, 0.3) is 5.91 Å². The van der Waals surface area contributed by atoms with Gasteiger partial charge in [-0.1, -0.05) is 36.4 Å². The van der Waals surface area contributed by atoms with Gasteiger partial charge in [-0.25, -0.2) is 4.68 Å². The molecule has 30 heavy (non-hydrogen) atoms. The zero-order chi connectivity index (χ0) is 21.1. The molecule has 1 aromatic carbocycles. The molecule has 2 atom stereocenters. The van der Waals surface area contributed by atoms with Crippen LogP contribution in [-0.2, 0) is 0 Å². The van der Waals surface area contributed by atoms with Crippen molar-refractivity contribution in [3.63, 3.8) is 0 Å². The van der Waals surface area contributed by atoms with Gasteiger partial charge < -0.3 is 5.32 Å². The van der Waals surface area contributed by atoms with Crippen molar-refractivity contribution < 1.29 is 4.79 Å². The number of aromatic nitrogens is 2. The number of hydrogen-bond acceptors (Lipinski definition) is 5. The molecule has 2 heterocycles. The van der Waals surface area contributed by atoms with Gasteiger partial charge in [-0.2, -0.15) is 5.10 Å². The van der Waals surface area contributed by atoms with Gasteiger partial charge in [-0.05, 0) is 35.9 Å². The van der Waals surface area contributed by atoms with Crippen molar-refractivity contribution in [2.24, 2.45) is 10.9 Å². The first-order chi connectivity index (χ1) is 14.5. The summed E-state index contributed by atoms with van der Waals surface area (Å²) in [6.45, 7) is 0. The Morgan fingerprint density at radius 2 is 2.10 bits per heavy atom. The lowest BCUT2D eigenvalue weighted by Gasteiger charge is -2.22. The van der Waals surface area contributed by atoms with E-state index in [1.165, 1.54) is 4.68 Å². The first-order valence-corrected chi connectivity index (χ1v) is 9.69. The van der Waals surface area contributed by atoms with Gasteiger partial charge >= 0.3 is 0 Å². The van der Waals surface area contributed by atoms with E-state index < -0.39 is 0 Å². The van der Waals surface area contributed by atoms with E-state index in [1.54, 1.807) is 37.4 Å². The fourth-order valence-electron chi connectivity index (χ4n) is 3.53. The van der Waals surface area contributed by atoms with E-state index in [1.807, 2.05) is 30.5 Å². The van der Waals surface area contributed by atoms with E-state index in [9.17, 15) is 4.79 Å². The third-order valence-corrected chi connectivity index (χ3v) is 5.10. The van der Waals surface area contributed by atoms with Crippen molar-refractivity contribution in [3.8, 4) is 11.3 Å². The number of carbonyl (C=O) groups is 1. The normalized spacial score (nSPS) is 19.2. The van der Waals surface area contributed by atoms with Crippen LogP contribution in [0.25, 0.3) is 11.3 Å². The summed E-state index contributed by atoms with van der Waals surface area (Å²) in [5.74, 6) is 0.238. The van der Waals surface area contributed by atoms with Crippen LogP contribution in [-0.4, -0.2) is 40.8 Å². The first kappa shape index (κ1) is 19.4. The maximum absolute atomic E-state index is 11.9. The number of dihydropyridines is 1. The molecule has 1 aliphatic carbocycles. The number of carbonyl (C=O) groups excluding carboxylic acids is 1. The minimum absolute atomic E-state index is 0.126. The SMILES string of the molecule is CNC(=O)c1cccc(-c2ccc(=N)n(C(=N)CC3=CC4C=CC=NC4C=C3)n2)c1. The first-order valence-electron chi connectivity index (χ1n) is 9.69. The van der Waals surface area contributed by atoms with Gasteiger partial charge in [0.1, 0.15) is 11.3 Å². The molecule has 3 N–H and O–H groups in total. The topological polar surface area (TPSA) is 107 Å². The summed E-state index contributed by atoms with van der Waals surface area (Å²) in [5, 5.41) is 23.8. The van der Waals surface area contributed by atoms with Gasteiger partial charge in [0.05, 0.1) is 11.7 Å². The quantitative estimate of drug-likeness (QED) is 0.544. The Kier molecular flexibility index (Phi) is 5.34. The smallest absolute Gasteiger partial charge is 0.251 e. The van der Waals surface area contributed by atoms with Gasteiger partial charge in [0.2, 0.25) is 0 Å². The molecule has 0 saturated carbocycles. The van der Waals surface area contributed by atoms with Crippen LogP contribution in [0.3, 0.4) is 0 Å². The van der Waals surface area contributed by atoms with Crippen molar-refractivity contribution in [3.05, 3.63) is 83.4 Å². The molecule has 0 spiro atoms. The van der Waals surface area contributed by atoms with Crippen molar-refractivity contribution in [1.82, 2.24) is 15.1 Å². The van der Waals surface area contributed by atoms with Crippen LogP contribution in [0.5, 0.6) is 0 Å². The third kappa shape index (κ3) is 3.96. The molecule has 2 aromatic rings. The molecule has 7 heteroatoms. The van der Waals surface area contributed by atoms with Crippen LogP contribution in [0, 0.1) is 16.7 Å². The number of hydrogen-bond donors (Lipinski definition) is 3. The lowest BCUT2D eigenvalue weighted by Crippen LogP contribution is -2.29. The number of rotatable bonds is 4. The van der Waals surface area contributed by atoms with Crippen LogP contribution in [0.1, 0.15) is 16.8 Å². The van der Waals surface area contributed by atoms with Crippen molar-refractivity contribution in [1.29, 1.82) is 10.8 Å². The summed E-state index contributed by atoms with van der Waals surface area (Å²) in [6, 6.07) is 10.6. The van der Waals surface area contributed by atoms with Crippen LogP contribution in [0.15, 0.2) is 77.3 Å². The minimum Gasteiger partial charge on any atom is -0.355 e. The van der Waals surface area contributed by atoms with Crippen molar-refractivity contribution in [2.75, 3.05) is 7.05 Å². The summed E-state index contributed by atoms with van der Waals surface area (Å²) >= 11 is 0. The third-order valence-electron chi connectivity index (χ3n) is 5.10. The summed E-state index contributed by atoms with van der Waals surface area (Å²) in [4.78, 5) is 16.4. The standard InChI is InChI=1S/C23H22N6O/c1-26-23(30)18-5-2-4-17(14-18)20-9-10-21(24)29(28-20)22(25)13-15-7-8-19-16(12-15)6-3-11-27-19/h2-12,14,16,19,24-25H,13H2,1H3,(H,26,30). The fraction of sp³-hybridized carbons (Fsp3) is 0.174. The van der Waals surface area contributed by atoms with E-state index in [-0.39, 0.29) is 29.2 Å². The largest absolute Gasteiger partial charge is 0.355 e. The average molecular weight is 398 g/mol. The predicted molar refractivity (Wildman–Crippen MR) is 117 cm³/mol. The Morgan fingerprint density at radius 1 is 1.23 bits per heavy atom. The van der Waals surface area contributed by atoms with Crippen LogP contribution >= 0.6 is 0 Å². The molecule has 0 bridgehead atoms. The Labute approximate surface area is 174 Å². The molecule has 0 radical (unpaired) electrons. The molecular formula is C23H22N6O. The number of allylic oxidation sites excluding steroid dienone is 3. The summed E-state index contributed by atoms with van der Waals surface area (Å²) in [5.41, 5.74) is 3.01. The second-order valence-electron chi connectivity index (χ2n) is 7.15. The van der Waals surface area contributed by atoms with Gasteiger partial charge in [-0.15, -0.1) is 0 Å². The predicted octanol–water partition coefficient (Wildman–Crippen LogP) is 2.73. The van der Waals surface area contributed by atoms with Gasteiger partial charge in [0, 0.05) is 36.7 Å². The molecule has 2 aliphatic rings. The zero-order valence-corrected chi connectivity index (χ0v) is 16.5. The number of fused-ring (bicyclic) bond motifs is 1. The molecule has 1 aliphatic heterocycles. The number of nitrogens with zero attached hydrogens (tertiary/aromatic N) is 3. The summed E-state index contributed by atoms with van der Waals surface area (Å²) < 4.78 is 1.33. The van der Waals surface area contributed by atoms with Crippen LogP contribution in [0.4, 0.5) is 0 Å². The minimum atomic E-state index is -0.176. The highest BCUT2D eigenvalue weighted by atomic mass is 16.1. The Balaban J connectivity index is 1.59. The molecule has 150 valence electrons. The zero-order valence-electron chi connectivity index (χ0n) is 16.5. The van der Waals surface area contributed by atoms with Gasteiger partial charge in [-0.3, -0.25) is 20.6 Å². The molecular weight excluding hydrogens is 376 g/mol. The second-order valence-corrected chi connectivity index (χ2v) is 7.15. The van der Waals surface area contributed by atoms with Gasteiger partial charge in [0.15, 0.2) is 0 Å². The Morgan fingerprint density at radius 3 is 2.93 bits per heavy atom. The number of amides is 1. The summed E-state index contributed by atoms with van der Waals surface area (Å²) in [6.07, 6.45) is 12.4. The molecule has 7 nitrogen and oxygen atoms in total. The van der Waals surface area contributed by atoms with Crippen molar-refractivity contribution in [2.45, 2.75) is 12.5 Å². The molecule has 1 amide bonds. The van der Waals surface area contributed by atoms with E-state index in [2.05, 4.69) is 27.6 Å². The molecule has 4 rings (SSSR count). The van der Waals surface area contributed by atoms with Crippen LogP contribution < -0.4 is 10.8 Å². The number of benzene rings is 1. The van der Waals surface area contributed by atoms with Crippen molar-refractivity contribution >= 4 is 18.0 Å². The van der Waals surface area contributed by atoms with Crippen LogP contribution in [0.2, 0.25) is 0 Å². The summed E-state index contributed by atoms with van der Waals surface area (Å²) in [7, 11) is 1.59. The molecule has 2 unspecified atom stereocenters. The average Bonchev–Trinajstić information content (AvgIpc) is 2.78. The lowest BCUT2D eigenvalue weighted by atomic mass is 9.89. The van der Waals surface area contributed by atoms with E-state index in [0.29, 0.717) is 17.7 Å². The molecule has 0 fully saturated rings. The fourth-order valence-corrected chi connectivity index (χ4v) is 3.53. The Hall–Kier alpha value is -3.87. The number of aliphatic imine (C=N–C) groups is 1. The maximum atomic E-state index is 11.9.